The number of ketones is 2. The molecule has 72 heavy (non-hydrogen) atoms. The summed E-state index contributed by atoms with van der Waals surface area (Å²) in [5.41, 5.74) is 0.636. The lowest BCUT2D eigenvalue weighted by atomic mass is 9.91. The SMILES string of the molecule is CN[C@@H](CNC(=O)CC[C@H](CC(=O)[C@H](Cc1ccccc1)NC(=O)CCCCC(=O)CC[C@H](NC(=O)N[C@@H](CCC(=O)O)OC=O)C(=O)O)C(=O)O)C(=O)N(C)[C@@H](CC(=O)O)C(=O)N(C)[C@@H](CSC)C(=O)O. The molecule has 400 valence electrons. The Bertz CT molecular complexity index is 2060. The summed E-state index contributed by atoms with van der Waals surface area (Å²) in [5.74, 6) is -12.4. The molecule has 0 saturated carbocycles. The number of amides is 6. The van der Waals surface area contributed by atoms with Crippen molar-refractivity contribution in [2.75, 3.05) is 39.7 Å². The van der Waals surface area contributed by atoms with Crippen LogP contribution in [0, 0.1) is 5.92 Å². The molecule has 0 bridgehead atoms. The molecule has 6 amide bonds. The number of nitrogens with one attached hydrogen (secondary N) is 5. The molecule has 0 aliphatic carbocycles. The third-order valence-corrected chi connectivity index (χ3v) is 11.8. The summed E-state index contributed by atoms with van der Waals surface area (Å²) in [7, 11) is 3.69. The Morgan fingerprint density at radius 1 is 0.653 bits per heavy atom. The average molecular weight is 1040 g/mol. The van der Waals surface area contributed by atoms with Crippen LogP contribution in [0.4, 0.5) is 4.79 Å². The van der Waals surface area contributed by atoms with Crippen molar-refractivity contribution in [1.29, 1.82) is 0 Å². The summed E-state index contributed by atoms with van der Waals surface area (Å²) in [5, 5.41) is 59.5. The summed E-state index contributed by atoms with van der Waals surface area (Å²) in [4.78, 5) is 162. The maximum atomic E-state index is 13.7. The van der Waals surface area contributed by atoms with E-state index in [1.807, 2.05) is 0 Å². The summed E-state index contributed by atoms with van der Waals surface area (Å²) in [6.07, 6.45) is -3.19. The number of carboxylic acids is 5. The van der Waals surface area contributed by atoms with Crippen LogP contribution in [0.15, 0.2) is 30.3 Å². The van der Waals surface area contributed by atoms with Crippen LogP contribution in [0.25, 0.3) is 0 Å². The summed E-state index contributed by atoms with van der Waals surface area (Å²) in [6, 6.07) is 0.546. The van der Waals surface area contributed by atoms with E-state index in [1.54, 1.807) is 36.6 Å². The highest BCUT2D eigenvalue weighted by atomic mass is 32.2. The molecule has 27 heteroatoms. The van der Waals surface area contributed by atoms with E-state index in [9.17, 15) is 82.8 Å². The number of rotatable bonds is 38. The highest BCUT2D eigenvalue weighted by molar-refractivity contribution is 7.98. The molecule has 1 rings (SSSR count). The fourth-order valence-electron chi connectivity index (χ4n) is 6.97. The third kappa shape index (κ3) is 24.1. The zero-order chi connectivity index (χ0) is 54.5. The molecule has 1 aromatic carbocycles. The number of aliphatic carboxylic acids is 5. The topological polar surface area (TPSA) is 399 Å². The maximum absolute atomic E-state index is 13.7. The van der Waals surface area contributed by atoms with Crippen molar-refractivity contribution >= 4 is 89.3 Å². The summed E-state index contributed by atoms with van der Waals surface area (Å²) >= 11 is 1.14. The molecule has 0 fully saturated rings. The van der Waals surface area contributed by atoms with Crippen molar-refractivity contribution in [2.24, 2.45) is 5.92 Å². The van der Waals surface area contributed by atoms with Gasteiger partial charge in [0.1, 0.15) is 30.0 Å². The Morgan fingerprint density at radius 3 is 1.85 bits per heavy atom. The number of unbranched alkanes of at least 4 members (excludes halogenated alkanes) is 1. The van der Waals surface area contributed by atoms with E-state index in [1.165, 1.54) is 14.1 Å². The van der Waals surface area contributed by atoms with E-state index >= 15 is 0 Å². The number of likely N-dealkylation sites (N-methyl/N-ethyl adjacent to an activating group) is 3. The first-order chi connectivity index (χ1) is 33.9. The molecule has 0 unspecified atom stereocenters. The van der Waals surface area contributed by atoms with Gasteiger partial charge in [0.2, 0.25) is 23.6 Å². The Kier molecular flexibility index (Phi) is 29.2. The number of hydrogen-bond donors (Lipinski definition) is 10. The molecule has 0 heterocycles. The molecular formula is C45H65N7O19S. The van der Waals surface area contributed by atoms with Gasteiger partial charge in [0.25, 0.3) is 6.47 Å². The second-order valence-electron chi connectivity index (χ2n) is 16.5. The maximum Gasteiger partial charge on any atom is 0.327 e. The van der Waals surface area contributed by atoms with Crippen LogP contribution in [-0.4, -0.2) is 189 Å². The number of carboxylic acid groups (broad SMARTS) is 5. The molecule has 0 aliphatic rings. The van der Waals surface area contributed by atoms with Crippen LogP contribution in [-0.2, 0) is 68.7 Å². The van der Waals surface area contributed by atoms with Gasteiger partial charge in [-0.15, -0.1) is 0 Å². The van der Waals surface area contributed by atoms with E-state index in [0.29, 0.717) is 5.56 Å². The fraction of sp³-hybridized carbons (Fsp3) is 0.578. The summed E-state index contributed by atoms with van der Waals surface area (Å²) < 4.78 is 4.60. The highest BCUT2D eigenvalue weighted by Crippen LogP contribution is 2.18. The lowest BCUT2D eigenvalue weighted by molar-refractivity contribution is -0.154. The molecule has 0 aromatic heterocycles. The van der Waals surface area contributed by atoms with Crippen LogP contribution < -0.4 is 26.6 Å². The lowest BCUT2D eigenvalue weighted by Gasteiger charge is -2.34. The number of carbonyl (C=O) groups is 13. The predicted octanol–water partition coefficient (Wildman–Crippen LogP) is -0.539. The minimum Gasteiger partial charge on any atom is -0.481 e. The predicted molar refractivity (Wildman–Crippen MR) is 253 cm³/mol. The molecule has 0 saturated heterocycles. The van der Waals surface area contributed by atoms with Gasteiger partial charge in [0, 0.05) is 64.9 Å². The fourth-order valence-corrected chi connectivity index (χ4v) is 7.65. The van der Waals surface area contributed by atoms with E-state index in [2.05, 4.69) is 31.3 Å². The smallest absolute Gasteiger partial charge is 0.327 e. The molecule has 10 N–H and O–H groups in total. The number of thioether (sulfide) groups is 1. The second-order valence-corrected chi connectivity index (χ2v) is 17.4. The first-order valence-electron chi connectivity index (χ1n) is 22.6. The van der Waals surface area contributed by atoms with Gasteiger partial charge in [-0.3, -0.25) is 47.9 Å². The van der Waals surface area contributed by atoms with Gasteiger partial charge in [-0.25, -0.2) is 14.4 Å². The van der Waals surface area contributed by atoms with E-state index in [4.69, 9.17) is 5.11 Å². The summed E-state index contributed by atoms with van der Waals surface area (Å²) in [6.45, 7) is -0.416. The van der Waals surface area contributed by atoms with Gasteiger partial charge in [0.05, 0.1) is 24.8 Å². The zero-order valence-corrected chi connectivity index (χ0v) is 41.2. The lowest BCUT2D eigenvalue weighted by Crippen LogP contribution is -2.58. The molecule has 0 radical (unpaired) electrons. The van der Waals surface area contributed by atoms with Crippen molar-refractivity contribution in [3.05, 3.63) is 35.9 Å². The van der Waals surface area contributed by atoms with Crippen molar-refractivity contribution in [2.45, 2.75) is 120 Å². The number of hydrogen-bond acceptors (Lipinski definition) is 16. The Labute approximate surface area is 418 Å². The van der Waals surface area contributed by atoms with Crippen LogP contribution in [0.2, 0.25) is 0 Å². The number of carbonyl (C=O) groups excluding carboxylic acids is 8. The van der Waals surface area contributed by atoms with Crippen molar-refractivity contribution in [3.63, 3.8) is 0 Å². The normalized spacial score (nSPS) is 13.7. The number of Topliss-reactive ketones (excluding diaryl/α,β-unsaturated/α-hetero) is 2. The van der Waals surface area contributed by atoms with Crippen LogP contribution in [0.5, 0.6) is 0 Å². The van der Waals surface area contributed by atoms with Gasteiger partial charge in [-0.05, 0) is 51.0 Å². The average Bonchev–Trinajstić information content (AvgIpc) is 3.32. The standard InChI is InChI=1S/C45H65N7O19S/c1-46-31(40(62)51(2)32(22-39(60)61)41(63)52(3)33(24-72-4)44(68)69)23-47-35(56)17-14-27(42(64)65)21-34(55)30(20-26-10-6-5-7-11-26)48-36(57)13-9-8-12-28(54)15-16-29(43(66)67)49-45(70)50-37(71-25-53)18-19-38(58)59/h5-7,10-11,25,27,29-33,37,46H,8-9,12-24H2,1-4H3,(H,47,56)(H,48,57)(H,58,59)(H,60,61)(H,64,65)(H,66,67)(H,68,69)(H2,49,50,70)/t27-,29+,30+,31+,32+,33+,37-/m1/s1. The van der Waals surface area contributed by atoms with Gasteiger partial charge in [-0.1, -0.05) is 30.3 Å². The van der Waals surface area contributed by atoms with Crippen molar-refractivity contribution in [3.8, 4) is 0 Å². The van der Waals surface area contributed by atoms with E-state index in [-0.39, 0.29) is 75.8 Å². The van der Waals surface area contributed by atoms with Crippen LogP contribution in [0.3, 0.4) is 0 Å². The van der Waals surface area contributed by atoms with Gasteiger partial charge < -0.3 is 66.7 Å². The molecule has 0 aliphatic heterocycles. The van der Waals surface area contributed by atoms with Crippen molar-refractivity contribution in [1.82, 2.24) is 36.4 Å². The number of urea groups is 1. The number of nitrogens with zero attached hydrogens (tertiary/aromatic N) is 2. The first-order valence-corrected chi connectivity index (χ1v) is 24.0. The monoisotopic (exact) mass is 1040 g/mol. The number of ether oxygens (including phenoxy) is 1. The molecule has 1 aromatic rings. The Balaban J connectivity index is 2.88. The molecular weight excluding hydrogens is 975 g/mol. The van der Waals surface area contributed by atoms with E-state index in [0.717, 1.165) is 28.6 Å². The number of benzene rings is 1. The first kappa shape index (κ1) is 62.9. The third-order valence-electron chi connectivity index (χ3n) is 11.1. The molecule has 26 nitrogen and oxygen atoms in total. The van der Waals surface area contributed by atoms with Crippen molar-refractivity contribution < 1.29 is 92.6 Å². The van der Waals surface area contributed by atoms with E-state index < -0.39 is 140 Å². The van der Waals surface area contributed by atoms with Gasteiger partial charge >= 0.3 is 35.9 Å². The minimum absolute atomic E-state index is 0.0122. The van der Waals surface area contributed by atoms with Crippen LogP contribution in [0.1, 0.15) is 82.6 Å². The van der Waals surface area contributed by atoms with Crippen LogP contribution >= 0.6 is 11.8 Å². The molecule has 7 atom stereocenters. The Morgan fingerprint density at radius 2 is 1.29 bits per heavy atom. The Hall–Kier alpha value is -7.16. The van der Waals surface area contributed by atoms with Gasteiger partial charge in [0.15, 0.2) is 12.0 Å². The molecule has 0 spiro atoms. The largest absolute Gasteiger partial charge is 0.481 e. The second kappa shape index (κ2) is 33.4. The highest BCUT2D eigenvalue weighted by Gasteiger charge is 2.38. The zero-order valence-electron chi connectivity index (χ0n) is 40.4. The minimum atomic E-state index is -1.61. The quantitative estimate of drug-likeness (QED) is 0.0226. The van der Waals surface area contributed by atoms with Gasteiger partial charge in [-0.2, -0.15) is 11.8 Å².